The van der Waals surface area contributed by atoms with Gasteiger partial charge < -0.3 is 0 Å². The van der Waals surface area contributed by atoms with Crippen molar-refractivity contribution < 1.29 is 4.79 Å². The predicted molar refractivity (Wildman–Crippen MR) is 46.9 cm³/mol. The van der Waals surface area contributed by atoms with Gasteiger partial charge in [0.1, 0.15) is 0 Å². The second kappa shape index (κ2) is 9.42. The van der Waals surface area contributed by atoms with Crippen molar-refractivity contribution in [2.75, 3.05) is 20.5 Å². The second-order valence-electron chi connectivity index (χ2n) is 1.32. The molecule has 0 bridgehead atoms. The Morgan fingerprint density at radius 3 is 1.91 bits per heavy atom. The molecule has 1 amide bonds. The standard InChI is InChI=1S/C5H11N3O.CH3Cl/c1-4-5(9)8(6-2)7-3;1-2/h4,6-7H,1H2,2-3H3;1H3. The first-order valence-electron chi connectivity index (χ1n) is 2.95. The fourth-order valence-electron chi connectivity index (χ4n) is 0.423. The smallest absolute Gasteiger partial charge is 0.267 e. The molecule has 11 heavy (non-hydrogen) atoms. The lowest BCUT2D eigenvalue weighted by Crippen LogP contribution is -2.47. The van der Waals surface area contributed by atoms with Gasteiger partial charge in [0.15, 0.2) is 0 Å². The van der Waals surface area contributed by atoms with Crippen molar-refractivity contribution in [1.29, 1.82) is 0 Å². The van der Waals surface area contributed by atoms with E-state index in [1.807, 2.05) is 0 Å². The van der Waals surface area contributed by atoms with Gasteiger partial charge in [-0.1, -0.05) is 6.58 Å². The average molecular weight is 180 g/mol. The number of carbonyl (C=O) groups is 1. The van der Waals surface area contributed by atoms with Crippen LogP contribution >= 0.6 is 11.6 Å². The van der Waals surface area contributed by atoms with E-state index in [0.717, 1.165) is 0 Å². The SMILES string of the molecule is C=CC(=O)N(NC)NC.CCl. The van der Waals surface area contributed by atoms with Crippen LogP contribution in [0.15, 0.2) is 12.7 Å². The maximum absolute atomic E-state index is 10.7. The number of nitrogens with zero attached hydrogens (tertiary/aromatic N) is 1. The Hall–Kier alpha value is -0.580. The first kappa shape index (κ1) is 13.0. The third-order valence-electron chi connectivity index (χ3n) is 0.842. The summed E-state index contributed by atoms with van der Waals surface area (Å²) in [5.41, 5.74) is 5.21. The van der Waals surface area contributed by atoms with Crippen molar-refractivity contribution in [3.8, 4) is 0 Å². The zero-order valence-electron chi connectivity index (χ0n) is 7.02. The average Bonchev–Trinajstić information content (AvgIpc) is 2.10. The molecule has 0 saturated heterocycles. The summed E-state index contributed by atoms with van der Waals surface area (Å²) in [7, 11) is 3.27. The van der Waals surface area contributed by atoms with Gasteiger partial charge in [-0.15, -0.1) is 11.6 Å². The Balaban J connectivity index is 0. The minimum atomic E-state index is -0.208. The van der Waals surface area contributed by atoms with Crippen LogP contribution in [-0.4, -0.2) is 31.5 Å². The summed E-state index contributed by atoms with van der Waals surface area (Å²) in [6.07, 6.45) is 2.69. The summed E-state index contributed by atoms with van der Waals surface area (Å²) >= 11 is 4.64. The van der Waals surface area contributed by atoms with Gasteiger partial charge in [-0.2, -0.15) is 0 Å². The molecule has 4 nitrogen and oxygen atoms in total. The van der Waals surface area contributed by atoms with Crippen molar-refractivity contribution >= 4 is 17.5 Å². The minimum Gasteiger partial charge on any atom is -0.267 e. The van der Waals surface area contributed by atoms with Gasteiger partial charge in [0.2, 0.25) is 0 Å². The van der Waals surface area contributed by atoms with E-state index < -0.39 is 0 Å². The van der Waals surface area contributed by atoms with E-state index in [4.69, 9.17) is 0 Å². The zero-order chi connectivity index (χ0) is 9.28. The van der Waals surface area contributed by atoms with E-state index in [1.165, 1.54) is 17.6 Å². The van der Waals surface area contributed by atoms with Crippen LogP contribution in [0, 0.1) is 0 Å². The number of alkyl halides is 1. The number of carbonyl (C=O) groups excluding carboxylic acids is 1. The van der Waals surface area contributed by atoms with Gasteiger partial charge in [0.05, 0.1) is 0 Å². The number of nitrogens with one attached hydrogen (secondary N) is 2. The van der Waals surface area contributed by atoms with E-state index in [9.17, 15) is 4.79 Å². The molecular formula is C6H14ClN3O. The molecule has 0 aromatic heterocycles. The Morgan fingerprint density at radius 1 is 1.45 bits per heavy atom. The normalized spacial score (nSPS) is 7.64. The quantitative estimate of drug-likeness (QED) is 0.368. The van der Waals surface area contributed by atoms with Crippen LogP contribution in [0.3, 0.4) is 0 Å². The topological polar surface area (TPSA) is 44.4 Å². The molecule has 0 spiro atoms. The fraction of sp³-hybridized carbons (Fsp3) is 0.500. The number of hydrogen-bond donors (Lipinski definition) is 2. The molecule has 0 aromatic carbocycles. The summed E-state index contributed by atoms with van der Waals surface area (Å²) in [4.78, 5) is 10.7. The summed E-state index contributed by atoms with van der Waals surface area (Å²) in [5, 5.41) is 1.22. The Labute approximate surface area is 72.1 Å². The van der Waals surface area contributed by atoms with Crippen molar-refractivity contribution in [3.63, 3.8) is 0 Å². The van der Waals surface area contributed by atoms with Gasteiger partial charge in [-0.05, 0) is 6.08 Å². The molecule has 66 valence electrons. The highest BCUT2D eigenvalue weighted by atomic mass is 35.5. The van der Waals surface area contributed by atoms with Gasteiger partial charge >= 0.3 is 0 Å². The molecule has 5 heteroatoms. The van der Waals surface area contributed by atoms with E-state index in [-0.39, 0.29) is 5.91 Å². The van der Waals surface area contributed by atoms with Crippen molar-refractivity contribution in [1.82, 2.24) is 16.0 Å². The minimum absolute atomic E-state index is 0.208. The summed E-state index contributed by atoms with van der Waals surface area (Å²) in [6.45, 7) is 3.31. The molecule has 0 aliphatic carbocycles. The van der Waals surface area contributed by atoms with Crippen molar-refractivity contribution in [2.45, 2.75) is 0 Å². The first-order valence-corrected chi connectivity index (χ1v) is 3.71. The Morgan fingerprint density at radius 2 is 1.82 bits per heavy atom. The number of hydrogen-bond acceptors (Lipinski definition) is 3. The Bertz CT molecular complexity index is 114. The molecular weight excluding hydrogens is 166 g/mol. The second-order valence-corrected chi connectivity index (χ2v) is 1.32. The summed E-state index contributed by atoms with van der Waals surface area (Å²) in [5.74, 6) is -0.208. The molecule has 0 aliphatic rings. The molecule has 0 radical (unpaired) electrons. The van der Waals surface area contributed by atoms with Gasteiger partial charge in [-0.25, -0.2) is 16.0 Å². The number of hydrazine groups is 2. The van der Waals surface area contributed by atoms with Crippen LogP contribution in [0.1, 0.15) is 0 Å². The highest BCUT2D eigenvalue weighted by Gasteiger charge is 2.01. The first-order chi connectivity index (χ1) is 5.26. The third-order valence-corrected chi connectivity index (χ3v) is 0.842. The molecule has 0 aliphatic heterocycles. The maximum atomic E-state index is 10.7. The molecule has 0 rings (SSSR count). The van der Waals surface area contributed by atoms with Crippen LogP contribution in [0.25, 0.3) is 0 Å². The molecule has 0 unspecified atom stereocenters. The third kappa shape index (κ3) is 5.84. The monoisotopic (exact) mass is 179 g/mol. The molecule has 0 atom stereocenters. The maximum Gasteiger partial charge on any atom is 0.274 e. The zero-order valence-corrected chi connectivity index (χ0v) is 7.77. The lowest BCUT2D eigenvalue weighted by Gasteiger charge is -2.16. The van der Waals surface area contributed by atoms with E-state index in [1.54, 1.807) is 14.1 Å². The van der Waals surface area contributed by atoms with Crippen LogP contribution in [0.5, 0.6) is 0 Å². The van der Waals surface area contributed by atoms with E-state index in [0.29, 0.717) is 0 Å². The van der Waals surface area contributed by atoms with Crippen LogP contribution in [0.4, 0.5) is 0 Å². The number of amides is 1. The molecule has 0 saturated carbocycles. The highest BCUT2D eigenvalue weighted by molar-refractivity contribution is 6.15. The number of rotatable bonds is 3. The largest absolute Gasteiger partial charge is 0.274 e. The van der Waals surface area contributed by atoms with Gasteiger partial charge in [-0.3, -0.25) is 4.79 Å². The van der Waals surface area contributed by atoms with Crippen LogP contribution < -0.4 is 10.9 Å². The lowest BCUT2D eigenvalue weighted by atomic mass is 10.6. The van der Waals surface area contributed by atoms with Crippen molar-refractivity contribution in [3.05, 3.63) is 12.7 Å². The molecule has 0 aromatic rings. The van der Waals surface area contributed by atoms with Crippen LogP contribution in [0.2, 0.25) is 0 Å². The molecule has 0 fully saturated rings. The van der Waals surface area contributed by atoms with Gasteiger partial charge in [0, 0.05) is 20.5 Å². The molecule has 0 heterocycles. The summed E-state index contributed by atoms with van der Waals surface area (Å²) < 4.78 is 0. The number of halogens is 1. The fourth-order valence-corrected chi connectivity index (χ4v) is 0.423. The summed E-state index contributed by atoms with van der Waals surface area (Å²) in [6, 6.07) is 0. The van der Waals surface area contributed by atoms with Crippen molar-refractivity contribution in [2.24, 2.45) is 0 Å². The van der Waals surface area contributed by atoms with Crippen LogP contribution in [-0.2, 0) is 4.79 Å². The predicted octanol–water partition coefficient (Wildman–Crippen LogP) is 0.125. The van der Waals surface area contributed by atoms with Gasteiger partial charge in [0.25, 0.3) is 5.91 Å². The Kier molecular flexibility index (Phi) is 11.2. The lowest BCUT2D eigenvalue weighted by molar-refractivity contribution is -0.131. The van der Waals surface area contributed by atoms with E-state index in [2.05, 4.69) is 29.0 Å². The molecule has 2 N–H and O–H groups in total. The van der Waals surface area contributed by atoms with E-state index >= 15 is 0 Å². The highest BCUT2D eigenvalue weighted by Crippen LogP contribution is 1.75.